The molecule has 2 heteroatoms. The Morgan fingerprint density at radius 3 is 1.94 bits per heavy atom. The minimum absolute atomic E-state index is 1.02. The fourth-order valence-corrected chi connectivity index (χ4v) is 4.87. The van der Waals surface area contributed by atoms with Gasteiger partial charge in [0, 0.05) is 27.7 Å². The number of nitrogens with zero attached hydrogens (tertiary/aromatic N) is 2. The Balaban J connectivity index is 1.57. The van der Waals surface area contributed by atoms with Crippen LogP contribution < -0.4 is 0 Å². The van der Waals surface area contributed by atoms with Crippen molar-refractivity contribution in [1.29, 1.82) is 0 Å². The number of fused-ring (bicyclic) bond motifs is 2. The minimum atomic E-state index is 1.02. The van der Waals surface area contributed by atoms with E-state index in [9.17, 15) is 0 Å². The van der Waals surface area contributed by atoms with Crippen molar-refractivity contribution in [3.63, 3.8) is 0 Å². The molecule has 0 unspecified atom stereocenters. The molecular formula is C32H24N2. The molecule has 2 aromatic heterocycles. The van der Waals surface area contributed by atoms with Gasteiger partial charge in [0.1, 0.15) is 0 Å². The Labute approximate surface area is 199 Å². The first-order chi connectivity index (χ1) is 16.7. The molecule has 0 atom stereocenters. The Hall–Kier alpha value is -4.30. The zero-order chi connectivity index (χ0) is 23.1. The third-order valence-electron chi connectivity index (χ3n) is 6.38. The van der Waals surface area contributed by atoms with Gasteiger partial charge in [-0.15, -0.1) is 0 Å². The van der Waals surface area contributed by atoms with E-state index in [4.69, 9.17) is 9.97 Å². The number of aromatic nitrogens is 2. The van der Waals surface area contributed by atoms with Crippen LogP contribution in [-0.2, 0) is 0 Å². The predicted molar refractivity (Wildman–Crippen MR) is 143 cm³/mol. The number of benzene rings is 4. The summed E-state index contributed by atoms with van der Waals surface area (Å²) < 4.78 is 0. The molecule has 0 bridgehead atoms. The number of rotatable bonds is 3. The van der Waals surface area contributed by atoms with Gasteiger partial charge in [-0.3, -0.25) is 9.97 Å². The van der Waals surface area contributed by atoms with Crippen molar-refractivity contribution in [3.8, 4) is 33.5 Å². The molecule has 0 saturated heterocycles. The highest BCUT2D eigenvalue weighted by Gasteiger charge is 2.13. The molecule has 0 aliphatic rings. The van der Waals surface area contributed by atoms with E-state index in [0.29, 0.717) is 0 Å². The zero-order valence-electron chi connectivity index (χ0n) is 19.3. The quantitative estimate of drug-likeness (QED) is 0.278. The topological polar surface area (TPSA) is 25.8 Å². The summed E-state index contributed by atoms with van der Waals surface area (Å²) in [5.74, 6) is 0. The van der Waals surface area contributed by atoms with Gasteiger partial charge in [-0.05, 0) is 65.8 Å². The maximum absolute atomic E-state index is 4.91. The van der Waals surface area contributed by atoms with Crippen molar-refractivity contribution in [2.24, 2.45) is 0 Å². The molecule has 2 nitrogen and oxygen atoms in total. The SMILES string of the molecule is Cc1cc2c(-c3cccc(-c4cc(C)nc5ccccc45)c3)cccc2c(-c2ccccc2)n1. The summed E-state index contributed by atoms with van der Waals surface area (Å²) in [4.78, 5) is 9.63. The molecule has 0 aliphatic heterocycles. The third-order valence-corrected chi connectivity index (χ3v) is 6.38. The summed E-state index contributed by atoms with van der Waals surface area (Å²) in [7, 11) is 0. The lowest BCUT2D eigenvalue weighted by atomic mass is 9.92. The fourth-order valence-electron chi connectivity index (χ4n) is 4.87. The first-order valence-corrected chi connectivity index (χ1v) is 11.6. The van der Waals surface area contributed by atoms with E-state index in [-0.39, 0.29) is 0 Å². The molecule has 162 valence electrons. The summed E-state index contributed by atoms with van der Waals surface area (Å²) in [6, 6.07) is 38.6. The van der Waals surface area contributed by atoms with Crippen LogP contribution in [-0.4, -0.2) is 9.97 Å². The molecule has 0 aliphatic carbocycles. The van der Waals surface area contributed by atoms with Gasteiger partial charge in [-0.1, -0.05) is 84.9 Å². The van der Waals surface area contributed by atoms with E-state index in [1.807, 2.05) is 12.1 Å². The van der Waals surface area contributed by atoms with Gasteiger partial charge in [-0.2, -0.15) is 0 Å². The fraction of sp³-hybridized carbons (Fsp3) is 0.0625. The van der Waals surface area contributed by atoms with Crippen molar-refractivity contribution in [1.82, 2.24) is 9.97 Å². The molecule has 0 saturated carbocycles. The Kier molecular flexibility index (Phi) is 4.92. The number of hydrogen-bond acceptors (Lipinski definition) is 2. The molecule has 2 heterocycles. The van der Waals surface area contributed by atoms with Crippen molar-refractivity contribution in [2.45, 2.75) is 13.8 Å². The highest BCUT2D eigenvalue weighted by Crippen LogP contribution is 2.37. The summed E-state index contributed by atoms with van der Waals surface area (Å²) in [6.45, 7) is 4.14. The lowest BCUT2D eigenvalue weighted by Crippen LogP contribution is -1.92. The van der Waals surface area contributed by atoms with Crippen LogP contribution in [0.4, 0.5) is 0 Å². The van der Waals surface area contributed by atoms with Crippen LogP contribution >= 0.6 is 0 Å². The third kappa shape index (κ3) is 3.54. The minimum Gasteiger partial charge on any atom is -0.253 e. The lowest BCUT2D eigenvalue weighted by Gasteiger charge is -2.14. The van der Waals surface area contributed by atoms with Crippen molar-refractivity contribution in [2.75, 3.05) is 0 Å². The van der Waals surface area contributed by atoms with Crippen LogP contribution in [0.25, 0.3) is 55.2 Å². The number of aryl methyl sites for hydroxylation is 2. The largest absolute Gasteiger partial charge is 0.253 e. The molecule has 0 radical (unpaired) electrons. The van der Waals surface area contributed by atoms with Gasteiger partial charge in [0.05, 0.1) is 11.2 Å². The first-order valence-electron chi connectivity index (χ1n) is 11.6. The maximum Gasteiger partial charge on any atom is 0.0783 e. The average Bonchev–Trinajstić information content (AvgIpc) is 2.88. The van der Waals surface area contributed by atoms with Crippen LogP contribution in [0.15, 0.2) is 109 Å². The van der Waals surface area contributed by atoms with Crippen LogP contribution in [0, 0.1) is 13.8 Å². The molecule has 4 aromatic carbocycles. The van der Waals surface area contributed by atoms with E-state index in [1.54, 1.807) is 0 Å². The standard InChI is InChI=1S/C32H24N2/c1-21-18-29(27-14-6-7-17-31(27)33-21)25-13-8-12-24(20-25)26-15-9-16-28-30(26)19-22(2)34-32(28)23-10-4-3-5-11-23/h3-20H,1-2H3. The van der Waals surface area contributed by atoms with Crippen LogP contribution in [0.3, 0.4) is 0 Å². The van der Waals surface area contributed by atoms with Gasteiger partial charge in [0.15, 0.2) is 0 Å². The Morgan fingerprint density at radius 2 is 1.09 bits per heavy atom. The second-order valence-corrected chi connectivity index (χ2v) is 8.79. The maximum atomic E-state index is 4.91. The number of para-hydroxylation sites is 1. The molecular weight excluding hydrogens is 412 g/mol. The van der Waals surface area contributed by atoms with E-state index >= 15 is 0 Å². The number of pyridine rings is 2. The van der Waals surface area contributed by atoms with Crippen LogP contribution in [0.1, 0.15) is 11.4 Å². The zero-order valence-corrected chi connectivity index (χ0v) is 19.3. The van der Waals surface area contributed by atoms with E-state index in [2.05, 4.69) is 111 Å². The van der Waals surface area contributed by atoms with Gasteiger partial charge < -0.3 is 0 Å². The summed E-state index contributed by atoms with van der Waals surface area (Å²) in [5.41, 5.74) is 10.1. The van der Waals surface area contributed by atoms with Gasteiger partial charge in [0.25, 0.3) is 0 Å². The molecule has 34 heavy (non-hydrogen) atoms. The van der Waals surface area contributed by atoms with E-state index < -0.39 is 0 Å². The Morgan fingerprint density at radius 1 is 0.441 bits per heavy atom. The van der Waals surface area contributed by atoms with Gasteiger partial charge >= 0.3 is 0 Å². The molecule has 0 spiro atoms. The van der Waals surface area contributed by atoms with Crippen molar-refractivity contribution in [3.05, 3.63) is 121 Å². The lowest BCUT2D eigenvalue weighted by molar-refractivity contribution is 1.23. The smallest absolute Gasteiger partial charge is 0.0783 e. The van der Waals surface area contributed by atoms with Crippen LogP contribution in [0.5, 0.6) is 0 Å². The van der Waals surface area contributed by atoms with Crippen molar-refractivity contribution < 1.29 is 0 Å². The summed E-state index contributed by atoms with van der Waals surface area (Å²) in [5, 5.41) is 3.57. The summed E-state index contributed by atoms with van der Waals surface area (Å²) in [6.07, 6.45) is 0. The van der Waals surface area contributed by atoms with Gasteiger partial charge in [0.2, 0.25) is 0 Å². The average molecular weight is 437 g/mol. The second-order valence-electron chi connectivity index (χ2n) is 8.79. The first kappa shape index (κ1) is 20.3. The normalized spacial score (nSPS) is 11.2. The monoisotopic (exact) mass is 436 g/mol. The van der Waals surface area contributed by atoms with E-state index in [0.717, 1.165) is 28.2 Å². The second kappa shape index (κ2) is 8.24. The Bertz CT molecular complexity index is 1670. The summed E-state index contributed by atoms with van der Waals surface area (Å²) >= 11 is 0. The molecule has 6 rings (SSSR count). The predicted octanol–water partition coefficient (Wildman–Crippen LogP) is 8.40. The molecule has 0 amide bonds. The van der Waals surface area contributed by atoms with Crippen molar-refractivity contribution >= 4 is 21.7 Å². The van der Waals surface area contributed by atoms with E-state index in [1.165, 1.54) is 38.4 Å². The number of hydrogen-bond donors (Lipinski definition) is 0. The highest BCUT2D eigenvalue weighted by molar-refractivity contribution is 6.04. The van der Waals surface area contributed by atoms with Gasteiger partial charge in [-0.25, -0.2) is 0 Å². The molecule has 0 N–H and O–H groups in total. The molecule has 0 fully saturated rings. The highest BCUT2D eigenvalue weighted by atomic mass is 14.7. The van der Waals surface area contributed by atoms with Crippen LogP contribution in [0.2, 0.25) is 0 Å². The molecule has 6 aromatic rings.